The summed E-state index contributed by atoms with van der Waals surface area (Å²) in [5.74, 6) is 0.378. The molecule has 1 aliphatic rings. The second-order valence-electron chi connectivity index (χ2n) is 4.81. The van der Waals surface area contributed by atoms with E-state index in [4.69, 9.17) is 0 Å². The van der Waals surface area contributed by atoms with Crippen LogP contribution in [-0.2, 0) is 4.79 Å². The number of Topliss-reactive ketones (excluding diaryl/α,β-unsaturated/α-hetero) is 1. The number of carbonyl (C=O) groups excluding carboxylic acids is 1. The summed E-state index contributed by atoms with van der Waals surface area (Å²) in [5.41, 5.74) is 3.49. The van der Waals surface area contributed by atoms with Crippen LogP contribution in [0.4, 0.5) is 5.69 Å². The molecule has 1 aromatic heterocycles. The molecule has 0 bridgehead atoms. The highest BCUT2D eigenvalue weighted by atomic mass is 16.1. The number of piperidine rings is 1. The monoisotopic (exact) mass is 252 g/mol. The number of pyridine rings is 1. The van der Waals surface area contributed by atoms with Gasteiger partial charge in [-0.25, -0.2) is 0 Å². The van der Waals surface area contributed by atoms with Gasteiger partial charge in [-0.15, -0.1) is 0 Å². The molecule has 1 aliphatic heterocycles. The first-order valence-electron chi connectivity index (χ1n) is 6.60. The van der Waals surface area contributed by atoms with Crippen LogP contribution >= 0.6 is 0 Å². The number of hydrogen-bond donors (Lipinski definition) is 0. The van der Waals surface area contributed by atoms with E-state index in [1.807, 2.05) is 12.3 Å². The highest BCUT2D eigenvalue weighted by molar-refractivity contribution is 5.81. The molecule has 2 heterocycles. The van der Waals surface area contributed by atoms with Gasteiger partial charge in [0, 0.05) is 44.0 Å². The summed E-state index contributed by atoms with van der Waals surface area (Å²) in [6.45, 7) is 1.68. The van der Waals surface area contributed by atoms with Crippen LogP contribution in [0.1, 0.15) is 12.8 Å². The van der Waals surface area contributed by atoms with Crippen LogP contribution in [0.3, 0.4) is 0 Å². The van der Waals surface area contributed by atoms with E-state index in [-0.39, 0.29) is 0 Å². The van der Waals surface area contributed by atoms with Crippen molar-refractivity contribution in [3.63, 3.8) is 0 Å². The van der Waals surface area contributed by atoms with Crippen LogP contribution in [0.2, 0.25) is 0 Å². The van der Waals surface area contributed by atoms with Crippen molar-refractivity contribution < 1.29 is 4.79 Å². The van der Waals surface area contributed by atoms with Crippen molar-refractivity contribution in [2.75, 3.05) is 18.0 Å². The van der Waals surface area contributed by atoms with Crippen LogP contribution in [0.25, 0.3) is 11.1 Å². The second kappa shape index (κ2) is 5.22. The Hall–Kier alpha value is -2.16. The lowest BCUT2D eigenvalue weighted by atomic mass is 10.1. The van der Waals surface area contributed by atoms with Gasteiger partial charge in [0.2, 0.25) is 0 Å². The van der Waals surface area contributed by atoms with Crippen molar-refractivity contribution in [2.45, 2.75) is 12.8 Å². The van der Waals surface area contributed by atoms with Crippen molar-refractivity contribution >= 4 is 11.5 Å². The molecule has 3 rings (SSSR count). The topological polar surface area (TPSA) is 33.2 Å². The molecular weight excluding hydrogens is 236 g/mol. The summed E-state index contributed by atoms with van der Waals surface area (Å²) in [6, 6.07) is 12.5. The van der Waals surface area contributed by atoms with Crippen molar-refractivity contribution in [3.05, 3.63) is 48.8 Å². The molecule has 0 spiro atoms. The van der Waals surface area contributed by atoms with E-state index < -0.39 is 0 Å². The van der Waals surface area contributed by atoms with Gasteiger partial charge in [0.1, 0.15) is 5.78 Å². The van der Waals surface area contributed by atoms with Crippen LogP contribution in [0.15, 0.2) is 48.8 Å². The molecule has 0 saturated carbocycles. The lowest BCUT2D eigenvalue weighted by Crippen LogP contribution is -2.33. The highest BCUT2D eigenvalue weighted by Crippen LogP contribution is 2.24. The SMILES string of the molecule is O=C1CCN(c2ccc(-c3cccnc3)cc2)CC1. The van der Waals surface area contributed by atoms with Gasteiger partial charge in [0.05, 0.1) is 0 Å². The second-order valence-corrected chi connectivity index (χ2v) is 4.81. The molecule has 0 atom stereocenters. The number of hydrogen-bond acceptors (Lipinski definition) is 3. The Labute approximate surface area is 112 Å². The van der Waals surface area contributed by atoms with Gasteiger partial charge in [-0.2, -0.15) is 0 Å². The maximum Gasteiger partial charge on any atom is 0.136 e. The molecule has 96 valence electrons. The maximum atomic E-state index is 11.2. The molecule has 3 heteroatoms. The molecule has 0 amide bonds. The van der Waals surface area contributed by atoms with E-state index in [0.29, 0.717) is 18.6 Å². The van der Waals surface area contributed by atoms with Gasteiger partial charge < -0.3 is 4.90 Å². The molecule has 1 fully saturated rings. The summed E-state index contributed by atoms with van der Waals surface area (Å²) < 4.78 is 0. The first-order chi connectivity index (χ1) is 9.33. The van der Waals surface area contributed by atoms with Crippen molar-refractivity contribution in [2.24, 2.45) is 0 Å². The first kappa shape index (κ1) is 11.9. The Morgan fingerprint density at radius 1 is 0.947 bits per heavy atom. The quantitative estimate of drug-likeness (QED) is 0.824. The fourth-order valence-corrected chi connectivity index (χ4v) is 2.41. The number of ketones is 1. The summed E-state index contributed by atoms with van der Waals surface area (Å²) in [7, 11) is 0. The van der Waals surface area contributed by atoms with E-state index in [2.05, 4.69) is 40.2 Å². The molecule has 1 aromatic carbocycles. The van der Waals surface area contributed by atoms with Gasteiger partial charge in [0.15, 0.2) is 0 Å². The largest absolute Gasteiger partial charge is 0.371 e. The minimum absolute atomic E-state index is 0.378. The molecule has 0 radical (unpaired) electrons. The molecule has 1 saturated heterocycles. The predicted molar refractivity (Wildman–Crippen MR) is 76.1 cm³/mol. The Bertz CT molecular complexity index is 553. The number of anilines is 1. The van der Waals surface area contributed by atoms with Gasteiger partial charge in [-0.05, 0) is 29.3 Å². The molecular formula is C16H16N2O. The number of rotatable bonds is 2. The number of nitrogens with zero attached hydrogens (tertiary/aromatic N) is 2. The predicted octanol–water partition coefficient (Wildman–Crippen LogP) is 2.92. The standard InChI is InChI=1S/C16H16N2O/c19-16-7-10-18(11-8-16)15-5-3-13(4-6-15)14-2-1-9-17-12-14/h1-6,9,12H,7-8,10-11H2. The van der Waals surface area contributed by atoms with Crippen molar-refractivity contribution in [3.8, 4) is 11.1 Å². The Morgan fingerprint density at radius 2 is 1.68 bits per heavy atom. The number of aromatic nitrogens is 1. The lowest BCUT2D eigenvalue weighted by molar-refractivity contribution is -0.119. The van der Waals surface area contributed by atoms with Crippen LogP contribution < -0.4 is 4.90 Å². The maximum absolute atomic E-state index is 11.2. The summed E-state index contributed by atoms with van der Waals surface area (Å²) in [6.07, 6.45) is 4.99. The van der Waals surface area contributed by atoms with Gasteiger partial charge in [-0.3, -0.25) is 9.78 Å². The zero-order valence-electron chi connectivity index (χ0n) is 10.7. The van der Waals surface area contributed by atoms with E-state index >= 15 is 0 Å². The molecule has 0 unspecified atom stereocenters. The van der Waals surface area contributed by atoms with E-state index in [0.717, 1.165) is 18.7 Å². The summed E-state index contributed by atoms with van der Waals surface area (Å²) in [4.78, 5) is 17.7. The highest BCUT2D eigenvalue weighted by Gasteiger charge is 2.16. The van der Waals surface area contributed by atoms with Crippen LogP contribution in [0, 0.1) is 0 Å². The van der Waals surface area contributed by atoms with Crippen LogP contribution in [0.5, 0.6) is 0 Å². The normalized spacial score (nSPS) is 15.6. The number of benzene rings is 1. The third kappa shape index (κ3) is 2.65. The zero-order chi connectivity index (χ0) is 13.1. The minimum atomic E-state index is 0.378. The number of carbonyl (C=O) groups is 1. The van der Waals surface area contributed by atoms with Gasteiger partial charge >= 0.3 is 0 Å². The van der Waals surface area contributed by atoms with Crippen molar-refractivity contribution in [1.82, 2.24) is 4.98 Å². The third-order valence-electron chi connectivity index (χ3n) is 3.55. The molecule has 2 aromatic rings. The average Bonchev–Trinajstić information content (AvgIpc) is 2.49. The average molecular weight is 252 g/mol. The molecule has 0 aliphatic carbocycles. The molecule has 19 heavy (non-hydrogen) atoms. The fourth-order valence-electron chi connectivity index (χ4n) is 2.41. The van der Waals surface area contributed by atoms with Gasteiger partial charge in [-0.1, -0.05) is 18.2 Å². The first-order valence-corrected chi connectivity index (χ1v) is 6.60. The molecule has 3 nitrogen and oxygen atoms in total. The smallest absolute Gasteiger partial charge is 0.136 e. The zero-order valence-corrected chi connectivity index (χ0v) is 10.7. The Balaban J connectivity index is 1.78. The van der Waals surface area contributed by atoms with Gasteiger partial charge in [0.25, 0.3) is 0 Å². The Kier molecular flexibility index (Phi) is 3.27. The van der Waals surface area contributed by atoms with Crippen molar-refractivity contribution in [1.29, 1.82) is 0 Å². The van der Waals surface area contributed by atoms with E-state index in [1.165, 1.54) is 11.3 Å². The summed E-state index contributed by atoms with van der Waals surface area (Å²) >= 11 is 0. The fraction of sp³-hybridized carbons (Fsp3) is 0.250. The third-order valence-corrected chi connectivity index (χ3v) is 3.55. The Morgan fingerprint density at radius 3 is 2.32 bits per heavy atom. The molecule has 0 N–H and O–H groups in total. The lowest BCUT2D eigenvalue weighted by Gasteiger charge is -2.28. The van der Waals surface area contributed by atoms with E-state index in [1.54, 1.807) is 6.20 Å². The minimum Gasteiger partial charge on any atom is -0.371 e. The summed E-state index contributed by atoms with van der Waals surface area (Å²) in [5, 5.41) is 0. The van der Waals surface area contributed by atoms with Crippen LogP contribution in [-0.4, -0.2) is 23.9 Å². The van der Waals surface area contributed by atoms with E-state index in [9.17, 15) is 4.79 Å².